The highest BCUT2D eigenvalue weighted by atomic mass is 16.7. The van der Waals surface area contributed by atoms with Crippen molar-refractivity contribution in [3.63, 3.8) is 0 Å². The van der Waals surface area contributed by atoms with E-state index in [4.69, 9.17) is 11.5 Å². The molecule has 0 aliphatic carbocycles. The lowest BCUT2D eigenvalue weighted by atomic mass is 9.98. The first kappa shape index (κ1) is 29.7. The van der Waals surface area contributed by atoms with E-state index >= 15 is 0 Å². The molecule has 0 atom stereocenters. The van der Waals surface area contributed by atoms with Crippen molar-refractivity contribution in [2.75, 3.05) is 11.5 Å². The zero-order valence-electron chi connectivity index (χ0n) is 19.7. The van der Waals surface area contributed by atoms with Crippen LogP contribution in [0.15, 0.2) is 36.4 Å². The monoisotopic (exact) mass is 552 g/mol. The van der Waals surface area contributed by atoms with Gasteiger partial charge in [0.15, 0.2) is 40.7 Å². The number of aryl methyl sites for hydroxylation is 2. The van der Waals surface area contributed by atoms with Gasteiger partial charge in [-0.15, -0.1) is 0 Å². The van der Waals surface area contributed by atoms with E-state index in [0.717, 1.165) is 24.3 Å². The van der Waals surface area contributed by atoms with Crippen molar-refractivity contribution in [2.24, 2.45) is 0 Å². The first-order valence-corrected chi connectivity index (χ1v) is 10.8. The summed E-state index contributed by atoms with van der Waals surface area (Å²) in [5.41, 5.74) is 9.82. The second-order valence-electron chi connectivity index (χ2n) is 8.30. The quantitative estimate of drug-likeness (QED) is 0.111. The van der Waals surface area contributed by atoms with Crippen LogP contribution in [-0.2, 0) is 24.4 Å². The standard InChI is InChI=1S/C19H20N8O12/c20-16-8-12(6-14(10-16)18(22(28)29,23(30)31)24(32)33)4-2-1-3-5-13-7-15(11-17(21)9-13)19(25(34)35,26(36)37)27(38)39/h6-11H,1-5,20-21H2. The fraction of sp³-hybridized carbons (Fsp3) is 0.368. The van der Waals surface area contributed by atoms with Crippen molar-refractivity contribution in [2.45, 2.75) is 43.7 Å². The predicted octanol–water partition coefficient (Wildman–Crippen LogP) is 1.69. The predicted molar refractivity (Wildman–Crippen MR) is 128 cm³/mol. The van der Waals surface area contributed by atoms with Gasteiger partial charge in [0.2, 0.25) is 0 Å². The molecule has 208 valence electrons. The molecule has 20 heteroatoms. The van der Waals surface area contributed by atoms with Gasteiger partial charge in [0.05, 0.1) is 0 Å². The second-order valence-corrected chi connectivity index (χ2v) is 8.30. The largest absolute Gasteiger partial charge is 0.728 e. The molecule has 2 rings (SSSR count). The maximum atomic E-state index is 11.3. The van der Waals surface area contributed by atoms with Crippen LogP contribution >= 0.6 is 0 Å². The van der Waals surface area contributed by atoms with Crippen molar-refractivity contribution in [3.05, 3.63) is 119 Å². The summed E-state index contributed by atoms with van der Waals surface area (Å²) < 4.78 is 0. The molecule has 0 saturated heterocycles. The maximum Gasteiger partial charge on any atom is 0.728 e. The van der Waals surface area contributed by atoms with Crippen molar-refractivity contribution in [1.29, 1.82) is 0 Å². The summed E-state index contributed by atoms with van der Waals surface area (Å²) in [5.74, 6) is -7.69. The summed E-state index contributed by atoms with van der Waals surface area (Å²) in [4.78, 5) is 58.3. The van der Waals surface area contributed by atoms with Crippen LogP contribution in [0, 0.1) is 60.7 Å². The van der Waals surface area contributed by atoms with Gasteiger partial charge < -0.3 is 11.5 Å². The summed E-state index contributed by atoms with van der Waals surface area (Å²) in [5, 5.41) is 68.1. The molecule has 0 aliphatic rings. The number of benzene rings is 2. The topological polar surface area (TPSA) is 311 Å². The Labute approximate surface area is 216 Å². The van der Waals surface area contributed by atoms with Gasteiger partial charge in [0, 0.05) is 11.4 Å². The molecule has 0 amide bonds. The Morgan fingerprint density at radius 1 is 0.487 bits per heavy atom. The lowest BCUT2D eigenvalue weighted by molar-refractivity contribution is -0.986. The van der Waals surface area contributed by atoms with E-state index in [0.29, 0.717) is 19.3 Å². The van der Waals surface area contributed by atoms with Gasteiger partial charge in [-0.05, 0) is 73.2 Å². The summed E-state index contributed by atoms with van der Waals surface area (Å²) in [6.45, 7) is 0. The normalized spacial score (nSPS) is 11.5. The van der Waals surface area contributed by atoms with E-state index in [1.54, 1.807) is 0 Å². The number of hydrogen-bond acceptors (Lipinski definition) is 14. The smallest absolute Gasteiger partial charge is 0.399 e. The second kappa shape index (κ2) is 11.2. The van der Waals surface area contributed by atoms with Crippen molar-refractivity contribution in [1.82, 2.24) is 0 Å². The minimum absolute atomic E-state index is 0.149. The molecule has 0 spiro atoms. The molecule has 4 N–H and O–H groups in total. The lowest BCUT2D eigenvalue weighted by Crippen LogP contribution is -2.50. The molecule has 0 heterocycles. The average molecular weight is 552 g/mol. The first-order chi connectivity index (χ1) is 18.1. The van der Waals surface area contributed by atoms with Gasteiger partial charge in [-0.1, -0.05) is 6.42 Å². The van der Waals surface area contributed by atoms with Gasteiger partial charge in [-0.3, -0.25) is 60.7 Å². The number of anilines is 2. The molecule has 39 heavy (non-hydrogen) atoms. The number of nitro groups is 6. The Bertz CT molecular complexity index is 1190. The molecule has 0 saturated carbocycles. The Morgan fingerprint density at radius 3 is 1.03 bits per heavy atom. The zero-order valence-corrected chi connectivity index (χ0v) is 19.7. The van der Waals surface area contributed by atoms with Crippen LogP contribution in [-0.4, -0.2) is 29.5 Å². The van der Waals surface area contributed by atoms with Crippen LogP contribution in [0.4, 0.5) is 11.4 Å². The van der Waals surface area contributed by atoms with E-state index in [1.807, 2.05) is 0 Å². The average Bonchev–Trinajstić information content (AvgIpc) is 2.77. The molecule has 0 aliphatic heterocycles. The summed E-state index contributed by atoms with van der Waals surface area (Å²) >= 11 is 0. The Kier molecular flexibility index (Phi) is 8.54. The van der Waals surface area contributed by atoms with Crippen LogP contribution in [0.2, 0.25) is 0 Å². The van der Waals surface area contributed by atoms with Gasteiger partial charge in [0.25, 0.3) is 0 Å². The van der Waals surface area contributed by atoms with E-state index in [9.17, 15) is 60.7 Å². The Hall–Kier alpha value is -5.56. The SMILES string of the molecule is Nc1cc(CCCCCc2cc(N)cc(C([N+](=O)[O-])([N+](=O)[O-])[N+](=O)[O-])c2)cc(C([N+](=O)[O-])([N+](=O)[O-])[N+](=O)[O-])c1. The highest BCUT2D eigenvalue weighted by Gasteiger charge is 2.73. The number of hydrogen-bond donors (Lipinski definition) is 2. The highest BCUT2D eigenvalue weighted by molar-refractivity contribution is 5.46. The highest BCUT2D eigenvalue weighted by Crippen LogP contribution is 2.31. The molecule has 0 bridgehead atoms. The molecule has 0 unspecified atom stereocenters. The number of nitrogen functional groups attached to an aromatic ring is 2. The summed E-state index contributed by atoms with van der Waals surface area (Å²) in [7, 11) is 0. The number of unbranched alkanes of at least 4 members (excludes halogenated alkanes) is 2. The lowest BCUT2D eigenvalue weighted by Gasteiger charge is -2.12. The van der Waals surface area contributed by atoms with Crippen LogP contribution < -0.4 is 11.5 Å². The van der Waals surface area contributed by atoms with E-state index in [1.165, 1.54) is 12.1 Å². The molecule has 0 fully saturated rings. The fourth-order valence-electron chi connectivity index (χ4n) is 3.98. The molecular formula is C19H20N8O12. The fourth-order valence-corrected chi connectivity index (χ4v) is 3.98. The Balaban J connectivity index is 2.19. The van der Waals surface area contributed by atoms with Gasteiger partial charge in [-0.25, -0.2) is 0 Å². The minimum atomic E-state index is -3.85. The van der Waals surface area contributed by atoms with Crippen LogP contribution in [0.3, 0.4) is 0 Å². The third kappa shape index (κ3) is 5.42. The van der Waals surface area contributed by atoms with E-state index in [2.05, 4.69) is 0 Å². The summed E-state index contributed by atoms with van der Waals surface area (Å²) in [6.07, 6.45) is 1.41. The maximum absolute atomic E-state index is 11.3. The molecule has 0 radical (unpaired) electrons. The molecule has 2 aromatic rings. The van der Waals surface area contributed by atoms with E-state index in [-0.39, 0.29) is 35.3 Å². The molecular weight excluding hydrogens is 532 g/mol. The molecule has 2 aromatic carbocycles. The van der Waals surface area contributed by atoms with Crippen molar-refractivity contribution < 1.29 is 29.5 Å². The van der Waals surface area contributed by atoms with Crippen LogP contribution in [0.25, 0.3) is 0 Å². The van der Waals surface area contributed by atoms with Gasteiger partial charge in [-0.2, -0.15) is 0 Å². The number of rotatable bonds is 14. The third-order valence-electron chi connectivity index (χ3n) is 5.76. The number of nitrogens with two attached hydrogens (primary N) is 2. The molecule has 20 nitrogen and oxygen atoms in total. The van der Waals surface area contributed by atoms with Gasteiger partial charge in [0.1, 0.15) is 0 Å². The summed E-state index contributed by atoms with van der Waals surface area (Å²) in [6, 6.07) is 6.12. The number of nitrogens with zero attached hydrogens (tertiary/aromatic N) is 6. The van der Waals surface area contributed by atoms with Crippen LogP contribution in [0.5, 0.6) is 0 Å². The first-order valence-electron chi connectivity index (χ1n) is 10.8. The Morgan fingerprint density at radius 2 is 0.769 bits per heavy atom. The van der Waals surface area contributed by atoms with Crippen LogP contribution in [0.1, 0.15) is 41.5 Å². The minimum Gasteiger partial charge on any atom is -0.399 e. The van der Waals surface area contributed by atoms with E-state index < -0.39 is 52.2 Å². The third-order valence-corrected chi connectivity index (χ3v) is 5.76. The zero-order chi connectivity index (χ0) is 29.7. The van der Waals surface area contributed by atoms with Crippen molar-refractivity contribution in [3.8, 4) is 0 Å². The molecule has 0 aromatic heterocycles. The van der Waals surface area contributed by atoms with Crippen molar-refractivity contribution >= 4 is 11.4 Å². The van der Waals surface area contributed by atoms with Gasteiger partial charge >= 0.3 is 11.6 Å².